The van der Waals surface area contributed by atoms with E-state index in [4.69, 9.17) is 9.73 Å². The van der Waals surface area contributed by atoms with Crippen molar-refractivity contribution in [3.8, 4) is 5.75 Å². The molecule has 3 aliphatic rings. The maximum absolute atomic E-state index is 13.3. The summed E-state index contributed by atoms with van der Waals surface area (Å²) in [6, 6.07) is 19.0. The number of amides is 1. The summed E-state index contributed by atoms with van der Waals surface area (Å²) >= 11 is 7.03. The second-order valence-corrected chi connectivity index (χ2v) is 10.2. The highest BCUT2D eigenvalue weighted by Crippen LogP contribution is 2.50. The molecule has 176 valence electrons. The number of fused-ring (bicyclic) bond motifs is 5. The smallest absolute Gasteiger partial charge is 0.278 e. The van der Waals surface area contributed by atoms with Gasteiger partial charge in [0.05, 0.1) is 7.11 Å². The Bertz CT molecular complexity index is 1810. The fourth-order valence-corrected chi connectivity index (χ4v) is 5.45. The van der Waals surface area contributed by atoms with Gasteiger partial charge in [0.2, 0.25) is 11.6 Å². The first-order valence-electron chi connectivity index (χ1n) is 11.0. The monoisotopic (exact) mass is 603 g/mol. The van der Waals surface area contributed by atoms with Crippen LogP contribution in [0.3, 0.4) is 0 Å². The van der Waals surface area contributed by atoms with Gasteiger partial charge in [-0.15, -0.1) is 0 Å². The van der Waals surface area contributed by atoms with Gasteiger partial charge in [-0.3, -0.25) is 9.69 Å². The van der Waals surface area contributed by atoms with E-state index < -0.39 is 5.66 Å². The Hall–Kier alpha value is -3.83. The number of H-pyrrole nitrogens is 1. The summed E-state index contributed by atoms with van der Waals surface area (Å²) in [6.45, 7) is 0. The second-order valence-electron chi connectivity index (χ2n) is 8.41. The number of ether oxygens (including phenoxy) is 1. The number of nitrogens with zero attached hydrogens (tertiary/aromatic N) is 5. The lowest BCUT2D eigenvalue weighted by molar-refractivity contribution is -0.120. The number of aliphatic imine (C=N–C) groups is 2. The molecule has 1 atom stereocenters. The van der Waals surface area contributed by atoms with Crippen LogP contribution < -0.4 is 25.8 Å². The highest BCUT2D eigenvalue weighted by Gasteiger charge is 2.60. The van der Waals surface area contributed by atoms with Crippen LogP contribution in [0.4, 0.5) is 11.4 Å². The number of nitrogens with one attached hydrogen (secondary N) is 2. The third-order valence-electron chi connectivity index (χ3n) is 6.38. The van der Waals surface area contributed by atoms with Crippen LogP contribution in [0.25, 0.3) is 10.9 Å². The van der Waals surface area contributed by atoms with Crippen molar-refractivity contribution < 1.29 is 9.53 Å². The molecule has 1 unspecified atom stereocenters. The molecule has 0 fully saturated rings. The number of carbonyl (C=O) groups is 1. The zero-order valence-electron chi connectivity index (χ0n) is 18.6. The van der Waals surface area contributed by atoms with Crippen LogP contribution in [0.15, 0.2) is 89.6 Å². The van der Waals surface area contributed by atoms with E-state index in [9.17, 15) is 4.79 Å². The summed E-state index contributed by atoms with van der Waals surface area (Å²) in [5.41, 5.74) is 2.48. The molecule has 36 heavy (non-hydrogen) atoms. The van der Waals surface area contributed by atoms with Gasteiger partial charge in [-0.05, 0) is 60.7 Å². The van der Waals surface area contributed by atoms with E-state index in [0.717, 1.165) is 36.5 Å². The first kappa shape index (κ1) is 21.5. The standard InChI is InChI=1S/C25H15Br2N7O2/c1-36-15-6-4-14(5-7-15)34-24(33-25(34)17-11-13(27)3-9-19(17)29-22(25)35)32-23-30-20-16-10-12(26)2-8-18(16)28-21(20)31-23/h2-11H,1H3,(H,29,35)(H,28,30,31,32,33). The third kappa shape index (κ3) is 2.96. The highest BCUT2D eigenvalue weighted by molar-refractivity contribution is 9.10. The SMILES string of the molecule is COc1ccc(N2C(N=C3N=c4[nH]c5ccc(Br)cc5c4=N3)=NC23C(=O)Nc2ccc(Br)cc23)cc1. The number of anilines is 2. The Morgan fingerprint density at radius 1 is 1.00 bits per heavy atom. The van der Waals surface area contributed by atoms with Gasteiger partial charge in [-0.1, -0.05) is 31.9 Å². The molecular formula is C25H15Br2N7O2. The van der Waals surface area contributed by atoms with E-state index in [1.807, 2.05) is 60.7 Å². The summed E-state index contributed by atoms with van der Waals surface area (Å²) in [7, 11) is 1.61. The number of benzene rings is 3. The zero-order valence-corrected chi connectivity index (χ0v) is 21.8. The molecule has 4 aromatic rings. The summed E-state index contributed by atoms with van der Waals surface area (Å²) in [4.78, 5) is 37.0. The van der Waals surface area contributed by atoms with E-state index in [1.165, 1.54) is 0 Å². The van der Waals surface area contributed by atoms with Crippen molar-refractivity contribution in [1.29, 1.82) is 0 Å². The number of rotatable bonds is 2. The average molecular weight is 605 g/mol. The molecule has 0 saturated carbocycles. The van der Waals surface area contributed by atoms with Gasteiger partial charge in [-0.2, -0.15) is 9.98 Å². The van der Waals surface area contributed by atoms with E-state index >= 15 is 0 Å². The Kier molecular flexibility index (Phi) is 4.52. The third-order valence-corrected chi connectivity index (χ3v) is 7.36. The highest BCUT2D eigenvalue weighted by atomic mass is 79.9. The van der Waals surface area contributed by atoms with Crippen molar-refractivity contribution in [2.45, 2.75) is 5.66 Å². The van der Waals surface area contributed by atoms with Crippen molar-refractivity contribution in [1.82, 2.24) is 4.98 Å². The normalized spacial score (nSPS) is 20.5. The number of aromatic nitrogens is 1. The summed E-state index contributed by atoms with van der Waals surface area (Å²) < 4.78 is 7.11. The number of halogens is 2. The fourth-order valence-electron chi connectivity index (χ4n) is 4.73. The molecule has 1 aromatic heterocycles. The number of carbonyl (C=O) groups excluding carboxylic acids is 1. The molecule has 3 aliphatic heterocycles. The minimum Gasteiger partial charge on any atom is -0.497 e. The van der Waals surface area contributed by atoms with Gasteiger partial charge in [0.15, 0.2) is 5.49 Å². The predicted molar refractivity (Wildman–Crippen MR) is 143 cm³/mol. The lowest BCUT2D eigenvalue weighted by atomic mass is 9.95. The Morgan fingerprint density at radius 3 is 2.58 bits per heavy atom. The first-order valence-corrected chi connectivity index (χ1v) is 12.5. The molecule has 0 bridgehead atoms. The van der Waals surface area contributed by atoms with E-state index in [0.29, 0.717) is 22.9 Å². The van der Waals surface area contributed by atoms with Crippen LogP contribution in [0.1, 0.15) is 5.56 Å². The van der Waals surface area contributed by atoms with Gasteiger partial charge in [-0.25, -0.2) is 9.98 Å². The topological polar surface area (TPSA) is 107 Å². The van der Waals surface area contributed by atoms with E-state index in [2.05, 4.69) is 57.1 Å². The summed E-state index contributed by atoms with van der Waals surface area (Å²) in [5.74, 6) is 1.05. The van der Waals surface area contributed by atoms with Gasteiger partial charge >= 0.3 is 0 Å². The van der Waals surface area contributed by atoms with Crippen LogP contribution in [-0.4, -0.2) is 29.9 Å². The molecule has 7 rings (SSSR count). The van der Waals surface area contributed by atoms with E-state index in [1.54, 1.807) is 12.0 Å². The summed E-state index contributed by atoms with van der Waals surface area (Å²) in [6.07, 6.45) is 0. The van der Waals surface area contributed by atoms with Crippen LogP contribution in [0.5, 0.6) is 5.75 Å². The molecule has 0 aliphatic carbocycles. The quantitative estimate of drug-likeness (QED) is 0.361. The number of methoxy groups -OCH3 is 1. The maximum atomic E-state index is 13.3. The van der Waals surface area contributed by atoms with Crippen molar-refractivity contribution in [2.24, 2.45) is 20.0 Å². The van der Waals surface area contributed by atoms with Gasteiger partial charge in [0.25, 0.3) is 11.9 Å². The number of hydrogen-bond acceptors (Lipinski definition) is 5. The lowest BCUT2D eigenvalue weighted by Crippen LogP contribution is -2.60. The molecule has 3 aromatic carbocycles. The largest absolute Gasteiger partial charge is 0.497 e. The van der Waals surface area contributed by atoms with Crippen LogP contribution in [0.2, 0.25) is 0 Å². The number of guanidine groups is 2. The van der Waals surface area contributed by atoms with Crippen LogP contribution in [-0.2, 0) is 10.5 Å². The fraction of sp³-hybridized carbons (Fsp3) is 0.0800. The molecule has 0 radical (unpaired) electrons. The number of hydrogen-bond donors (Lipinski definition) is 2. The number of aromatic amines is 1. The van der Waals surface area contributed by atoms with Crippen LogP contribution in [0, 0.1) is 0 Å². The van der Waals surface area contributed by atoms with Crippen molar-refractivity contribution in [3.05, 3.63) is 86.0 Å². The predicted octanol–water partition coefficient (Wildman–Crippen LogP) is 3.99. The Balaban J connectivity index is 1.38. The molecule has 2 N–H and O–H groups in total. The Labute approximate surface area is 220 Å². The Morgan fingerprint density at radius 2 is 1.78 bits per heavy atom. The molecule has 1 amide bonds. The van der Waals surface area contributed by atoms with Gasteiger partial charge in [0, 0.05) is 36.8 Å². The van der Waals surface area contributed by atoms with Crippen molar-refractivity contribution in [2.75, 3.05) is 17.3 Å². The minimum absolute atomic E-state index is 0.253. The summed E-state index contributed by atoms with van der Waals surface area (Å²) in [5, 5.41) is 4.62. The second kappa shape index (κ2) is 7.58. The van der Waals surface area contributed by atoms with Crippen LogP contribution >= 0.6 is 31.9 Å². The molecular weight excluding hydrogens is 590 g/mol. The van der Waals surface area contributed by atoms with Crippen molar-refractivity contribution in [3.63, 3.8) is 0 Å². The van der Waals surface area contributed by atoms with Crippen molar-refractivity contribution >= 4 is 72.0 Å². The maximum Gasteiger partial charge on any atom is 0.278 e. The molecule has 9 nitrogen and oxygen atoms in total. The molecule has 0 saturated heterocycles. The first-order chi connectivity index (χ1) is 17.5. The minimum atomic E-state index is -1.28. The zero-order chi connectivity index (χ0) is 24.6. The average Bonchev–Trinajstić information content (AvgIpc) is 3.49. The lowest BCUT2D eigenvalue weighted by Gasteiger charge is -2.44. The molecule has 11 heteroatoms. The molecule has 4 heterocycles. The van der Waals surface area contributed by atoms with Gasteiger partial charge in [0.1, 0.15) is 11.1 Å². The molecule has 1 spiro atoms. The van der Waals surface area contributed by atoms with Gasteiger partial charge < -0.3 is 15.0 Å². The van der Waals surface area contributed by atoms with E-state index in [-0.39, 0.29) is 11.9 Å².